The Morgan fingerprint density at radius 1 is 1.00 bits per heavy atom. The molecule has 0 bridgehead atoms. The van der Waals surface area contributed by atoms with Gasteiger partial charge >= 0.3 is 75.7 Å². The zero-order chi connectivity index (χ0) is 3.58. The fourth-order valence-corrected chi connectivity index (χ4v) is 0. The molecule has 0 aromatic carbocycles. The van der Waals surface area contributed by atoms with Crippen LogP contribution >= 0.6 is 0 Å². The molecule has 0 saturated carbocycles. The van der Waals surface area contributed by atoms with Crippen LogP contribution in [-0.2, 0) is 30.2 Å². The molecule has 0 amide bonds. The third-order valence-corrected chi connectivity index (χ3v) is 0. The van der Waals surface area contributed by atoms with Gasteiger partial charge in [-0.1, -0.05) is 0 Å². The van der Waals surface area contributed by atoms with Crippen molar-refractivity contribution in [2.75, 3.05) is 0 Å². The molecule has 0 rings (SSSR count). The predicted octanol–water partition coefficient (Wildman–Crippen LogP) is -1.28. The summed E-state index contributed by atoms with van der Waals surface area (Å²) in [4.78, 5) is 0. The van der Waals surface area contributed by atoms with Crippen molar-refractivity contribution in [2.24, 2.45) is 0 Å². The van der Waals surface area contributed by atoms with E-state index >= 15 is 0 Å². The van der Waals surface area contributed by atoms with Crippen molar-refractivity contribution < 1.29 is 30.2 Å². The molecule has 0 fully saturated rings. The summed E-state index contributed by atoms with van der Waals surface area (Å²) >= 11 is -4.29. The van der Waals surface area contributed by atoms with Crippen LogP contribution in [0.25, 0.3) is 0 Å². The van der Waals surface area contributed by atoms with Crippen molar-refractivity contribution in [1.29, 1.82) is 0 Å². The molecule has 5 heteroatoms. The van der Waals surface area contributed by atoms with Crippen LogP contribution in [0.2, 0.25) is 0 Å². The summed E-state index contributed by atoms with van der Waals surface area (Å²) in [5.74, 6) is 0. The SMILES string of the molecule is [O]=[Zr](=[O])=[O].[SrH2]. The van der Waals surface area contributed by atoms with Gasteiger partial charge in [0.2, 0.25) is 0 Å². The van der Waals surface area contributed by atoms with Crippen LogP contribution in [-0.4, -0.2) is 45.5 Å². The van der Waals surface area contributed by atoms with Crippen LogP contribution < -0.4 is 0 Å². The van der Waals surface area contributed by atoms with Gasteiger partial charge in [0.1, 0.15) is 0 Å². The van der Waals surface area contributed by atoms with Gasteiger partial charge < -0.3 is 0 Å². The molecule has 0 atom stereocenters. The Labute approximate surface area is 74.0 Å². The molecule has 0 aliphatic rings. The first-order valence-electron chi connectivity index (χ1n) is 0.612. The molecule has 0 aromatic rings. The fourth-order valence-electron chi connectivity index (χ4n) is 0. The standard InChI is InChI=1S/3O.Sr.Zr.2H. The molecule has 26 valence electrons. The fraction of sp³-hybridized carbons (Fsp3) is 0. The van der Waals surface area contributed by atoms with E-state index in [9.17, 15) is 0 Å². The normalized spacial score (nSPS) is 3.00. The maximum atomic E-state index is 8.61. The Balaban J connectivity index is 0. The maximum absolute atomic E-state index is 8.61. The summed E-state index contributed by atoms with van der Waals surface area (Å²) in [5, 5.41) is 0. The second kappa shape index (κ2) is 5.76. The predicted molar refractivity (Wildman–Crippen MR) is 10.6 cm³/mol. The Morgan fingerprint density at radius 3 is 1.00 bits per heavy atom. The van der Waals surface area contributed by atoms with Gasteiger partial charge in [0, 0.05) is 0 Å². The van der Waals surface area contributed by atoms with Crippen LogP contribution in [0, 0.1) is 0 Å². The second-order valence-electron chi connectivity index (χ2n) is 0.250. The van der Waals surface area contributed by atoms with Gasteiger partial charge in [-0.15, -0.1) is 0 Å². The third kappa shape index (κ3) is 26.2. The van der Waals surface area contributed by atoms with Gasteiger partial charge in [0.05, 0.1) is 0 Å². The first-order valence-corrected chi connectivity index (χ1v) is 3.62. The molecule has 0 aliphatic heterocycles. The molecule has 0 saturated heterocycles. The van der Waals surface area contributed by atoms with Crippen molar-refractivity contribution in [2.45, 2.75) is 0 Å². The van der Waals surface area contributed by atoms with E-state index in [1.165, 1.54) is 0 Å². The van der Waals surface area contributed by atoms with E-state index in [-0.39, 0.29) is 45.5 Å². The van der Waals surface area contributed by atoms with Crippen LogP contribution in [0.15, 0.2) is 0 Å². The molecule has 0 aliphatic carbocycles. The summed E-state index contributed by atoms with van der Waals surface area (Å²) in [7, 11) is 0. The van der Waals surface area contributed by atoms with E-state index in [1.54, 1.807) is 0 Å². The van der Waals surface area contributed by atoms with Gasteiger partial charge in [0.15, 0.2) is 0 Å². The van der Waals surface area contributed by atoms with Gasteiger partial charge in [-0.05, 0) is 0 Å². The van der Waals surface area contributed by atoms with Crippen LogP contribution in [0.1, 0.15) is 0 Å². The first-order chi connectivity index (χ1) is 1.73. The van der Waals surface area contributed by atoms with E-state index in [4.69, 9.17) is 8.44 Å². The monoisotopic (exact) mass is 228 g/mol. The van der Waals surface area contributed by atoms with Crippen molar-refractivity contribution in [3.63, 3.8) is 0 Å². The van der Waals surface area contributed by atoms with E-state index in [2.05, 4.69) is 0 Å². The van der Waals surface area contributed by atoms with E-state index in [0.29, 0.717) is 0 Å². The van der Waals surface area contributed by atoms with Crippen LogP contribution in [0.4, 0.5) is 0 Å². The number of hydrogen-bond acceptors (Lipinski definition) is 3. The molecule has 5 heavy (non-hydrogen) atoms. The molecule has 0 unspecified atom stereocenters. The Hall–Kier alpha value is 1.76. The minimum absolute atomic E-state index is 0. The molecule has 0 radical (unpaired) electrons. The molecular formula is H2O3SrZr. The zero-order valence-electron chi connectivity index (χ0n) is 1.72. The Kier molecular flexibility index (Phi) is 11.4. The van der Waals surface area contributed by atoms with Crippen molar-refractivity contribution >= 4 is 45.5 Å². The second-order valence-corrected chi connectivity index (χ2v) is 1.48. The molecule has 0 N–H and O–H groups in total. The Morgan fingerprint density at radius 2 is 1.00 bits per heavy atom. The summed E-state index contributed by atoms with van der Waals surface area (Å²) in [6.45, 7) is 0. The number of rotatable bonds is 0. The van der Waals surface area contributed by atoms with Crippen molar-refractivity contribution in [1.82, 2.24) is 0 Å². The molecule has 0 aromatic heterocycles. The van der Waals surface area contributed by atoms with Gasteiger partial charge in [0.25, 0.3) is 0 Å². The topological polar surface area (TPSA) is 51.2 Å². The molecule has 0 heterocycles. The summed E-state index contributed by atoms with van der Waals surface area (Å²) in [6, 6.07) is 0. The average Bonchev–Trinajstić information content (AvgIpc) is 0.811. The average molecular weight is 229 g/mol. The first kappa shape index (κ1) is 9.90. The van der Waals surface area contributed by atoms with Gasteiger partial charge in [-0.2, -0.15) is 0 Å². The zero-order valence-corrected chi connectivity index (χ0v) is 4.18. The molecule has 3 nitrogen and oxygen atoms in total. The van der Waals surface area contributed by atoms with E-state index in [1.807, 2.05) is 0 Å². The van der Waals surface area contributed by atoms with Crippen LogP contribution in [0.5, 0.6) is 0 Å². The van der Waals surface area contributed by atoms with Gasteiger partial charge in [-0.25, -0.2) is 0 Å². The summed E-state index contributed by atoms with van der Waals surface area (Å²) in [6.07, 6.45) is 0. The van der Waals surface area contributed by atoms with Crippen molar-refractivity contribution in [3.05, 3.63) is 0 Å². The van der Waals surface area contributed by atoms with E-state index in [0.717, 1.165) is 0 Å². The Bertz CT molecular complexity index is 76.3. The summed E-state index contributed by atoms with van der Waals surface area (Å²) in [5.41, 5.74) is 0. The summed E-state index contributed by atoms with van der Waals surface area (Å²) < 4.78 is 25.8. The molecular weight excluding hydrogens is 227 g/mol. The van der Waals surface area contributed by atoms with Gasteiger partial charge in [-0.3, -0.25) is 0 Å². The minimum atomic E-state index is -4.29. The van der Waals surface area contributed by atoms with E-state index < -0.39 is 21.8 Å². The van der Waals surface area contributed by atoms with Crippen LogP contribution in [0.3, 0.4) is 0 Å². The quantitative estimate of drug-likeness (QED) is 0.486. The molecule has 0 spiro atoms. The third-order valence-electron chi connectivity index (χ3n) is 0. The van der Waals surface area contributed by atoms with Crippen molar-refractivity contribution in [3.8, 4) is 0 Å². The number of hydrogen-bond donors (Lipinski definition) is 0.